The zero-order valence-corrected chi connectivity index (χ0v) is 14.3. The molecule has 2 rings (SSSR count). The van der Waals surface area contributed by atoms with Crippen LogP contribution in [0.25, 0.3) is 0 Å². The first-order chi connectivity index (χ1) is 11.5. The van der Waals surface area contributed by atoms with Gasteiger partial charge in [0.15, 0.2) is 0 Å². The molecule has 0 saturated carbocycles. The van der Waals surface area contributed by atoms with Crippen molar-refractivity contribution in [1.82, 2.24) is 10.2 Å². The topological polar surface area (TPSA) is 78.5 Å². The van der Waals surface area contributed by atoms with Crippen molar-refractivity contribution in [3.63, 3.8) is 0 Å². The largest absolute Gasteiger partial charge is 0.353 e. The van der Waals surface area contributed by atoms with E-state index < -0.39 is 0 Å². The van der Waals surface area contributed by atoms with Gasteiger partial charge in [-0.2, -0.15) is 0 Å². The van der Waals surface area contributed by atoms with Gasteiger partial charge in [0.05, 0.1) is 0 Å². The Kier molecular flexibility index (Phi) is 6.35. The number of anilines is 1. The van der Waals surface area contributed by atoms with Crippen LogP contribution >= 0.6 is 0 Å². The fraction of sp³-hybridized carbons (Fsp3) is 0.500. The number of nitrogens with one attached hydrogen (secondary N) is 2. The van der Waals surface area contributed by atoms with Crippen LogP contribution in [0.2, 0.25) is 0 Å². The molecule has 130 valence electrons. The maximum atomic E-state index is 12.5. The maximum Gasteiger partial charge on any atom is 0.253 e. The van der Waals surface area contributed by atoms with E-state index in [9.17, 15) is 14.4 Å². The predicted molar refractivity (Wildman–Crippen MR) is 92.7 cm³/mol. The van der Waals surface area contributed by atoms with Gasteiger partial charge < -0.3 is 15.5 Å². The molecule has 3 amide bonds. The first kappa shape index (κ1) is 18.0. The number of piperidine rings is 1. The van der Waals surface area contributed by atoms with Gasteiger partial charge in [-0.25, -0.2) is 0 Å². The molecular formula is C18H25N3O3. The maximum absolute atomic E-state index is 12.5. The summed E-state index contributed by atoms with van der Waals surface area (Å²) in [6.07, 6.45) is 2.97. The standard InChI is InChI=1S/C18H25N3O3/c1-3-4-17(23)20-16-9-11-21(12-10-16)18(24)14-5-7-15(8-6-14)19-13(2)22/h5-8,16H,3-4,9-12H2,1-2H3,(H,19,22)(H,20,23). The molecule has 1 aromatic carbocycles. The number of amides is 3. The van der Waals surface area contributed by atoms with Crippen molar-refractivity contribution >= 4 is 23.4 Å². The Morgan fingerprint density at radius 3 is 2.29 bits per heavy atom. The highest BCUT2D eigenvalue weighted by atomic mass is 16.2. The molecular weight excluding hydrogens is 306 g/mol. The van der Waals surface area contributed by atoms with Crippen molar-refractivity contribution in [1.29, 1.82) is 0 Å². The van der Waals surface area contributed by atoms with E-state index in [0.717, 1.165) is 19.3 Å². The highest BCUT2D eigenvalue weighted by Crippen LogP contribution is 2.16. The number of carbonyl (C=O) groups is 3. The molecule has 0 radical (unpaired) electrons. The van der Waals surface area contributed by atoms with Crippen LogP contribution in [0.3, 0.4) is 0 Å². The van der Waals surface area contributed by atoms with Crippen molar-refractivity contribution in [2.24, 2.45) is 0 Å². The van der Waals surface area contributed by atoms with E-state index >= 15 is 0 Å². The van der Waals surface area contributed by atoms with E-state index in [1.54, 1.807) is 24.3 Å². The Labute approximate surface area is 142 Å². The molecule has 1 aromatic rings. The molecule has 24 heavy (non-hydrogen) atoms. The number of hydrogen-bond acceptors (Lipinski definition) is 3. The Bertz CT molecular complexity index is 590. The molecule has 0 aliphatic carbocycles. The van der Waals surface area contributed by atoms with E-state index in [1.807, 2.05) is 11.8 Å². The van der Waals surface area contributed by atoms with Crippen molar-refractivity contribution in [2.75, 3.05) is 18.4 Å². The molecule has 1 heterocycles. The number of benzene rings is 1. The Hall–Kier alpha value is -2.37. The second kappa shape index (κ2) is 8.47. The summed E-state index contributed by atoms with van der Waals surface area (Å²) in [5, 5.41) is 5.71. The first-order valence-corrected chi connectivity index (χ1v) is 8.46. The second-order valence-electron chi connectivity index (χ2n) is 6.14. The van der Waals surface area contributed by atoms with Crippen LogP contribution in [0.15, 0.2) is 24.3 Å². The molecule has 0 bridgehead atoms. The molecule has 0 spiro atoms. The predicted octanol–water partition coefficient (Wildman–Crippen LogP) is 2.17. The molecule has 1 saturated heterocycles. The van der Waals surface area contributed by atoms with Gasteiger partial charge in [0.1, 0.15) is 0 Å². The minimum atomic E-state index is -0.138. The average Bonchev–Trinajstić information content (AvgIpc) is 2.55. The molecule has 6 nitrogen and oxygen atoms in total. The summed E-state index contributed by atoms with van der Waals surface area (Å²) in [6.45, 7) is 4.72. The number of nitrogens with zero attached hydrogens (tertiary/aromatic N) is 1. The number of hydrogen-bond donors (Lipinski definition) is 2. The lowest BCUT2D eigenvalue weighted by Gasteiger charge is -2.32. The SMILES string of the molecule is CCCC(=O)NC1CCN(C(=O)c2ccc(NC(C)=O)cc2)CC1. The van der Waals surface area contributed by atoms with Crippen LogP contribution in [0.5, 0.6) is 0 Å². The van der Waals surface area contributed by atoms with Gasteiger partial charge in [0.25, 0.3) is 5.91 Å². The quantitative estimate of drug-likeness (QED) is 0.868. The Morgan fingerprint density at radius 1 is 1.12 bits per heavy atom. The molecule has 2 N–H and O–H groups in total. The number of rotatable bonds is 5. The molecule has 6 heteroatoms. The monoisotopic (exact) mass is 331 g/mol. The summed E-state index contributed by atoms with van der Waals surface area (Å²) in [6, 6.07) is 7.07. The first-order valence-electron chi connectivity index (χ1n) is 8.46. The smallest absolute Gasteiger partial charge is 0.253 e. The van der Waals surface area contributed by atoms with E-state index in [4.69, 9.17) is 0 Å². The molecule has 1 aliphatic heterocycles. The van der Waals surface area contributed by atoms with Gasteiger partial charge in [0, 0.05) is 43.7 Å². The zero-order chi connectivity index (χ0) is 17.5. The summed E-state index contributed by atoms with van der Waals surface area (Å²) in [5.74, 6) is -0.0557. The van der Waals surface area contributed by atoms with Gasteiger partial charge in [-0.15, -0.1) is 0 Å². The number of carbonyl (C=O) groups excluding carboxylic acids is 3. The third-order valence-corrected chi connectivity index (χ3v) is 4.08. The van der Waals surface area contributed by atoms with Crippen LogP contribution < -0.4 is 10.6 Å². The summed E-state index contributed by atoms with van der Waals surface area (Å²) in [5.41, 5.74) is 1.29. The van der Waals surface area contributed by atoms with Gasteiger partial charge >= 0.3 is 0 Å². The van der Waals surface area contributed by atoms with E-state index in [2.05, 4.69) is 10.6 Å². The minimum absolute atomic E-state index is 0.0114. The fourth-order valence-electron chi connectivity index (χ4n) is 2.84. The van der Waals surface area contributed by atoms with E-state index in [1.165, 1.54) is 6.92 Å². The van der Waals surface area contributed by atoms with Gasteiger partial charge in [-0.05, 0) is 43.5 Å². The van der Waals surface area contributed by atoms with Gasteiger partial charge in [-0.1, -0.05) is 6.92 Å². The van der Waals surface area contributed by atoms with E-state index in [-0.39, 0.29) is 23.8 Å². The normalized spacial score (nSPS) is 15.0. The lowest BCUT2D eigenvalue weighted by atomic mass is 10.0. The van der Waals surface area contributed by atoms with Gasteiger partial charge in [-0.3, -0.25) is 14.4 Å². The summed E-state index contributed by atoms with van der Waals surface area (Å²) in [7, 11) is 0. The van der Waals surface area contributed by atoms with Gasteiger partial charge in [0.2, 0.25) is 11.8 Å². The molecule has 0 aromatic heterocycles. The van der Waals surface area contributed by atoms with Crippen LogP contribution in [-0.2, 0) is 9.59 Å². The van der Waals surface area contributed by atoms with Crippen LogP contribution in [0.4, 0.5) is 5.69 Å². The third-order valence-electron chi connectivity index (χ3n) is 4.08. The van der Waals surface area contributed by atoms with Crippen molar-refractivity contribution < 1.29 is 14.4 Å². The number of likely N-dealkylation sites (tertiary alicyclic amines) is 1. The van der Waals surface area contributed by atoms with Crippen molar-refractivity contribution in [3.05, 3.63) is 29.8 Å². The molecule has 0 unspecified atom stereocenters. The third kappa shape index (κ3) is 5.08. The minimum Gasteiger partial charge on any atom is -0.353 e. The van der Waals surface area contributed by atoms with Crippen LogP contribution in [0.1, 0.15) is 49.9 Å². The summed E-state index contributed by atoms with van der Waals surface area (Å²) in [4.78, 5) is 37.0. The van der Waals surface area contributed by atoms with Crippen LogP contribution in [0, 0.1) is 0 Å². The molecule has 1 aliphatic rings. The fourth-order valence-corrected chi connectivity index (χ4v) is 2.84. The zero-order valence-electron chi connectivity index (χ0n) is 14.3. The highest BCUT2D eigenvalue weighted by Gasteiger charge is 2.24. The Balaban J connectivity index is 1.86. The van der Waals surface area contributed by atoms with Crippen LogP contribution in [-0.4, -0.2) is 41.8 Å². The second-order valence-corrected chi connectivity index (χ2v) is 6.14. The average molecular weight is 331 g/mol. The van der Waals surface area contributed by atoms with Crippen molar-refractivity contribution in [3.8, 4) is 0 Å². The molecule has 0 atom stereocenters. The Morgan fingerprint density at radius 2 is 1.75 bits per heavy atom. The lowest BCUT2D eigenvalue weighted by Crippen LogP contribution is -2.46. The summed E-state index contributed by atoms with van der Waals surface area (Å²) < 4.78 is 0. The van der Waals surface area contributed by atoms with E-state index in [0.29, 0.717) is 30.8 Å². The summed E-state index contributed by atoms with van der Waals surface area (Å²) >= 11 is 0. The lowest BCUT2D eigenvalue weighted by molar-refractivity contribution is -0.122. The highest BCUT2D eigenvalue weighted by molar-refractivity contribution is 5.95. The molecule has 1 fully saturated rings. The van der Waals surface area contributed by atoms with Crippen molar-refractivity contribution in [2.45, 2.75) is 45.6 Å².